The number of hydrogen-bond donors (Lipinski definition) is 1. The molecule has 5 rings (SSSR count). The van der Waals surface area contributed by atoms with Gasteiger partial charge in [-0.15, -0.1) is 0 Å². The van der Waals surface area contributed by atoms with Crippen LogP contribution in [0.25, 0.3) is 16.9 Å². The Labute approximate surface area is 397 Å². The number of halogens is 14. The highest BCUT2D eigenvalue weighted by atomic mass is 19.4. The predicted molar refractivity (Wildman–Crippen MR) is 219 cm³/mol. The van der Waals surface area contributed by atoms with Gasteiger partial charge in [-0.05, 0) is 71.9 Å². The van der Waals surface area contributed by atoms with E-state index in [1.54, 1.807) is 0 Å². The maximum atomic E-state index is 14.4. The van der Waals surface area contributed by atoms with E-state index in [-0.39, 0.29) is 42.4 Å². The van der Waals surface area contributed by atoms with E-state index in [4.69, 9.17) is 19.9 Å². The van der Waals surface area contributed by atoms with Crippen LogP contribution in [0.1, 0.15) is 86.0 Å². The average molecular weight is 1050 g/mol. The fourth-order valence-electron chi connectivity index (χ4n) is 5.06. The second-order valence-corrected chi connectivity index (χ2v) is 15.2. The zero-order chi connectivity index (χ0) is 54.8. The lowest BCUT2D eigenvalue weighted by Gasteiger charge is -2.29. The van der Waals surface area contributed by atoms with Crippen LogP contribution >= 0.6 is 0 Å². The van der Waals surface area contributed by atoms with E-state index in [2.05, 4.69) is 29.8 Å². The molecule has 0 aliphatic heterocycles. The molecule has 2 N–H and O–H groups in total. The summed E-state index contributed by atoms with van der Waals surface area (Å²) in [4.78, 5) is 59.5. The molecule has 0 amide bonds. The van der Waals surface area contributed by atoms with Crippen LogP contribution in [0.15, 0.2) is 67.3 Å². The first-order valence-electron chi connectivity index (χ1n) is 20.1. The highest BCUT2D eigenvalue weighted by Crippen LogP contribution is 2.38. The van der Waals surface area contributed by atoms with Crippen molar-refractivity contribution in [2.45, 2.75) is 90.4 Å². The number of aromatic nitrogens is 6. The summed E-state index contributed by atoms with van der Waals surface area (Å²) in [6.07, 6.45) is -16.0. The summed E-state index contributed by atoms with van der Waals surface area (Å²) < 4.78 is 200. The topological polar surface area (TPSA) is 201 Å². The zero-order valence-corrected chi connectivity index (χ0v) is 38.0. The molecule has 0 radical (unpaired) electrons. The van der Waals surface area contributed by atoms with Gasteiger partial charge >= 0.3 is 36.6 Å². The lowest BCUT2D eigenvalue weighted by Crippen LogP contribution is -2.44. The molecular weight excluding hydrogens is 1010 g/mol. The molecule has 3 heterocycles. The summed E-state index contributed by atoms with van der Waals surface area (Å²) in [6.45, 7) is 6.02. The Morgan fingerprint density at radius 2 is 1.07 bits per heavy atom. The molecule has 0 saturated carbocycles. The van der Waals surface area contributed by atoms with Crippen molar-refractivity contribution in [2.75, 3.05) is 13.2 Å². The third-order valence-electron chi connectivity index (χ3n) is 8.82. The Morgan fingerprint density at radius 1 is 0.611 bits per heavy atom. The summed E-state index contributed by atoms with van der Waals surface area (Å²) in [5, 5.41) is 3.98. The standard InChI is InChI=1S/C21H17F7N4O3.C16H16F4O5.C6H6F3N3/c1-4-34-17(33)15-8-16(32(31-15)13-9-29-18(30-10-13)20(23,24)25)11-5-12(22)7-14(6-11)35-19(2,3)21(26,27)28;1-4-24-14(23)13(22)8-12(21)9-5-10(17)7-11(6-9)25-15(2,3)16(18,19)20;7-6(8,9)5-11-2-4(1-10)3-12-5/h5-10H,4H2,1-3H3;5-7H,4,8H2,1-3H3;2-3H,1,10H2. The van der Waals surface area contributed by atoms with Crippen LogP contribution in [-0.4, -0.2) is 90.0 Å². The number of carbonyl (C=O) groups excluding carboxylic acids is 4. The number of ether oxygens (including phenoxy) is 4. The molecule has 5 aromatic rings. The van der Waals surface area contributed by atoms with Gasteiger partial charge in [-0.25, -0.2) is 43.0 Å². The number of hydrogen-bond acceptors (Lipinski definition) is 14. The van der Waals surface area contributed by atoms with Crippen molar-refractivity contribution in [2.24, 2.45) is 5.73 Å². The molecule has 0 bridgehead atoms. The number of nitrogens with two attached hydrogens (primary N) is 1. The molecule has 0 aliphatic carbocycles. The van der Waals surface area contributed by atoms with Crippen molar-refractivity contribution in [1.82, 2.24) is 29.7 Å². The van der Waals surface area contributed by atoms with Gasteiger partial charge in [-0.3, -0.25) is 9.59 Å². The van der Waals surface area contributed by atoms with Crippen LogP contribution in [0.3, 0.4) is 0 Å². The van der Waals surface area contributed by atoms with Crippen molar-refractivity contribution in [1.29, 1.82) is 0 Å². The van der Waals surface area contributed by atoms with Gasteiger partial charge in [0.1, 0.15) is 28.8 Å². The van der Waals surface area contributed by atoms with E-state index >= 15 is 0 Å². The number of benzene rings is 2. The van der Waals surface area contributed by atoms with E-state index in [1.807, 2.05) is 0 Å². The molecule has 0 spiro atoms. The zero-order valence-electron chi connectivity index (χ0n) is 38.0. The Bertz CT molecular complexity index is 2690. The minimum absolute atomic E-state index is 0.0190. The van der Waals surface area contributed by atoms with E-state index in [1.165, 1.54) is 13.8 Å². The Balaban J connectivity index is 0.000000320. The second-order valence-electron chi connectivity index (χ2n) is 15.2. The Morgan fingerprint density at radius 3 is 1.51 bits per heavy atom. The molecule has 29 heteroatoms. The summed E-state index contributed by atoms with van der Waals surface area (Å²) in [7, 11) is 0. The van der Waals surface area contributed by atoms with Gasteiger partial charge in [0, 0.05) is 47.8 Å². The molecular formula is C43H39F14N7O8. The third-order valence-corrected chi connectivity index (χ3v) is 8.82. The molecule has 3 aromatic heterocycles. The minimum atomic E-state index is -4.82. The maximum Gasteiger partial charge on any atom is 0.451 e. The highest BCUT2D eigenvalue weighted by Gasteiger charge is 2.51. The number of Topliss-reactive ketones (excluding diaryl/α,β-unsaturated/α-hetero) is 2. The molecule has 2 aromatic carbocycles. The van der Waals surface area contributed by atoms with E-state index < -0.39 is 106 Å². The summed E-state index contributed by atoms with van der Waals surface area (Å²) >= 11 is 0. The molecule has 0 unspecified atom stereocenters. The molecule has 392 valence electrons. The number of rotatable bonds is 14. The number of esters is 2. The van der Waals surface area contributed by atoms with Crippen molar-refractivity contribution in [3.63, 3.8) is 0 Å². The molecule has 0 aliphatic rings. The van der Waals surface area contributed by atoms with Crippen LogP contribution in [0.2, 0.25) is 0 Å². The molecule has 0 saturated heterocycles. The maximum absolute atomic E-state index is 14.4. The average Bonchev–Trinajstić information content (AvgIpc) is 3.71. The van der Waals surface area contributed by atoms with Crippen LogP contribution < -0.4 is 15.2 Å². The van der Waals surface area contributed by atoms with Gasteiger partial charge in [-0.1, -0.05) is 0 Å². The Kier molecular flexibility index (Phi) is 19.1. The van der Waals surface area contributed by atoms with Gasteiger partial charge in [-0.2, -0.15) is 57.8 Å². The first-order chi connectivity index (χ1) is 33.0. The second kappa shape index (κ2) is 23.3. The van der Waals surface area contributed by atoms with Crippen LogP contribution in [0.4, 0.5) is 61.5 Å². The quantitative estimate of drug-likeness (QED) is 0.0362. The normalized spacial score (nSPS) is 12.1. The van der Waals surface area contributed by atoms with Crippen LogP contribution in [0.5, 0.6) is 11.5 Å². The third kappa shape index (κ3) is 16.4. The van der Waals surface area contributed by atoms with Crippen molar-refractivity contribution >= 4 is 23.5 Å². The van der Waals surface area contributed by atoms with Crippen molar-refractivity contribution in [3.05, 3.63) is 107 Å². The first kappa shape index (κ1) is 59.0. The van der Waals surface area contributed by atoms with Crippen molar-refractivity contribution in [3.8, 4) is 28.4 Å². The number of ketones is 2. The van der Waals surface area contributed by atoms with Crippen molar-refractivity contribution < 1.29 is 99.6 Å². The van der Waals surface area contributed by atoms with Gasteiger partial charge < -0.3 is 24.7 Å². The Hall–Kier alpha value is -7.33. The van der Waals surface area contributed by atoms with Crippen LogP contribution in [-0.2, 0) is 38.0 Å². The molecule has 15 nitrogen and oxygen atoms in total. The number of nitrogens with zero attached hydrogens (tertiary/aromatic N) is 6. The SMILES string of the molecule is CCOC(=O)C(=O)CC(=O)c1cc(F)cc(OC(C)(C)C(F)(F)F)c1.CCOC(=O)c1cc(-c2cc(F)cc(OC(C)(C)C(F)(F)F)c2)n(-c2cnc(C(F)(F)F)nc2)n1.NCc1cnc(C(F)(F)F)nc1. The van der Waals surface area contributed by atoms with E-state index in [0.717, 1.165) is 93.6 Å². The smallest absolute Gasteiger partial charge is 0.451 e. The van der Waals surface area contributed by atoms with Crippen LogP contribution in [0, 0.1) is 11.6 Å². The minimum Gasteiger partial charge on any atom is -0.478 e. The van der Waals surface area contributed by atoms with Gasteiger partial charge in [0.25, 0.3) is 0 Å². The summed E-state index contributed by atoms with van der Waals surface area (Å²) in [5.41, 5.74) is -0.693. The van der Waals surface area contributed by atoms with Gasteiger partial charge in [0.2, 0.25) is 17.4 Å². The monoisotopic (exact) mass is 1050 g/mol. The number of carbonyl (C=O) groups is 4. The number of alkyl halides is 12. The highest BCUT2D eigenvalue weighted by molar-refractivity contribution is 6.38. The van der Waals surface area contributed by atoms with E-state index in [0.29, 0.717) is 11.6 Å². The predicted octanol–water partition coefficient (Wildman–Crippen LogP) is 9.59. The fourth-order valence-corrected chi connectivity index (χ4v) is 5.06. The lowest BCUT2D eigenvalue weighted by atomic mass is 10.0. The summed E-state index contributed by atoms with van der Waals surface area (Å²) in [6, 6.07) is 6.11. The molecule has 0 atom stereocenters. The molecule has 0 fully saturated rings. The van der Waals surface area contributed by atoms with Gasteiger partial charge in [0.15, 0.2) is 22.7 Å². The lowest BCUT2D eigenvalue weighted by molar-refractivity contribution is -0.234. The molecule has 72 heavy (non-hydrogen) atoms. The fraction of sp³-hybridized carbons (Fsp3) is 0.372. The first-order valence-corrected chi connectivity index (χ1v) is 20.1. The van der Waals surface area contributed by atoms with Gasteiger partial charge in [0.05, 0.1) is 37.7 Å². The summed E-state index contributed by atoms with van der Waals surface area (Å²) in [5.74, 6) is -9.82. The largest absolute Gasteiger partial charge is 0.478 e. The van der Waals surface area contributed by atoms with E-state index in [9.17, 15) is 80.6 Å².